The van der Waals surface area contributed by atoms with Crippen molar-refractivity contribution >= 4 is 5.97 Å². The third-order valence-corrected chi connectivity index (χ3v) is 2.92. The van der Waals surface area contributed by atoms with E-state index >= 15 is 0 Å². The molecule has 3 nitrogen and oxygen atoms in total. The smallest absolute Gasteiger partial charge is 0.311 e. The lowest BCUT2D eigenvalue weighted by Gasteiger charge is -2.30. The Kier molecular flexibility index (Phi) is 5.15. The van der Waals surface area contributed by atoms with Crippen LogP contribution in [0.1, 0.15) is 40.0 Å². The Morgan fingerprint density at radius 2 is 2.17 bits per heavy atom. The summed E-state index contributed by atoms with van der Waals surface area (Å²) < 4.78 is 11.0. The Morgan fingerprint density at radius 1 is 1.50 bits per heavy atom. The van der Waals surface area contributed by atoms with Gasteiger partial charge in [0.1, 0.15) is 0 Å². The third kappa shape index (κ3) is 4.65. The molecule has 102 valence electrons. The van der Waals surface area contributed by atoms with E-state index in [0.717, 1.165) is 12.8 Å². The lowest BCUT2D eigenvalue weighted by atomic mass is 9.97. The summed E-state index contributed by atoms with van der Waals surface area (Å²) in [5, 5.41) is 0. The molecule has 1 aliphatic heterocycles. The predicted molar refractivity (Wildman–Crippen MR) is 72.3 cm³/mol. The first-order chi connectivity index (χ1) is 8.32. The summed E-state index contributed by atoms with van der Waals surface area (Å²) in [7, 11) is 0. The molecule has 1 saturated heterocycles. The highest BCUT2D eigenvalue weighted by Gasteiger charge is 2.25. The monoisotopic (exact) mass is 252 g/mol. The van der Waals surface area contributed by atoms with E-state index in [9.17, 15) is 4.79 Å². The number of hydrogen-bond donors (Lipinski definition) is 0. The van der Waals surface area contributed by atoms with Gasteiger partial charge in [-0.15, -0.1) is 6.58 Å². The first kappa shape index (κ1) is 15.0. The standard InChI is InChI=1S/C15H24O3/c1-6-12-9-11(2)10-13(18-12)7-8-17-14(16)15(3,4)5/h6,12-13H,1-2,7-10H2,3-5H3/t12-,13+/m1/s1. The summed E-state index contributed by atoms with van der Waals surface area (Å²) in [6, 6.07) is 0. The van der Waals surface area contributed by atoms with Crippen LogP contribution in [0.4, 0.5) is 0 Å². The van der Waals surface area contributed by atoms with Crippen LogP contribution in [0.5, 0.6) is 0 Å². The Hall–Kier alpha value is -1.09. The molecular formula is C15H24O3. The van der Waals surface area contributed by atoms with E-state index in [0.29, 0.717) is 13.0 Å². The Bertz CT molecular complexity index is 325. The van der Waals surface area contributed by atoms with E-state index in [1.165, 1.54) is 5.57 Å². The molecule has 1 fully saturated rings. The molecule has 1 heterocycles. The van der Waals surface area contributed by atoms with Gasteiger partial charge in [-0.3, -0.25) is 4.79 Å². The predicted octanol–water partition coefficient (Wildman–Crippen LogP) is 3.26. The Labute approximate surface area is 110 Å². The molecule has 0 N–H and O–H groups in total. The van der Waals surface area contributed by atoms with Crippen LogP contribution in [0.3, 0.4) is 0 Å². The minimum atomic E-state index is -0.444. The van der Waals surface area contributed by atoms with Crippen LogP contribution in [0.2, 0.25) is 0 Å². The van der Waals surface area contributed by atoms with E-state index in [-0.39, 0.29) is 18.2 Å². The lowest BCUT2D eigenvalue weighted by molar-refractivity contribution is -0.154. The van der Waals surface area contributed by atoms with E-state index < -0.39 is 5.41 Å². The fraction of sp³-hybridized carbons (Fsp3) is 0.667. The van der Waals surface area contributed by atoms with Crippen molar-refractivity contribution in [1.29, 1.82) is 0 Å². The second kappa shape index (κ2) is 6.19. The minimum Gasteiger partial charge on any atom is -0.465 e. The second-order valence-electron chi connectivity index (χ2n) is 5.87. The zero-order valence-corrected chi connectivity index (χ0v) is 11.7. The van der Waals surface area contributed by atoms with Crippen LogP contribution in [0.25, 0.3) is 0 Å². The lowest BCUT2D eigenvalue weighted by Crippen LogP contribution is -2.30. The van der Waals surface area contributed by atoms with Crippen molar-refractivity contribution in [2.24, 2.45) is 5.41 Å². The van der Waals surface area contributed by atoms with Gasteiger partial charge in [-0.05, 0) is 33.6 Å². The van der Waals surface area contributed by atoms with Gasteiger partial charge in [0.05, 0.1) is 24.2 Å². The zero-order chi connectivity index (χ0) is 13.8. The molecule has 0 aromatic heterocycles. The normalized spacial score (nSPS) is 24.7. The summed E-state index contributed by atoms with van der Waals surface area (Å²) in [5.41, 5.74) is 0.735. The molecule has 3 heteroatoms. The van der Waals surface area contributed by atoms with Gasteiger partial charge in [0.25, 0.3) is 0 Å². The van der Waals surface area contributed by atoms with Crippen molar-refractivity contribution in [1.82, 2.24) is 0 Å². The molecule has 0 bridgehead atoms. The highest BCUT2D eigenvalue weighted by Crippen LogP contribution is 2.25. The summed E-state index contributed by atoms with van der Waals surface area (Å²) in [6.07, 6.45) is 4.35. The molecular weight excluding hydrogens is 228 g/mol. The zero-order valence-electron chi connectivity index (χ0n) is 11.7. The quantitative estimate of drug-likeness (QED) is 0.569. The molecule has 2 atom stereocenters. The number of esters is 1. The molecule has 0 saturated carbocycles. The van der Waals surface area contributed by atoms with Gasteiger partial charge in [-0.1, -0.05) is 18.2 Å². The number of rotatable bonds is 4. The average molecular weight is 252 g/mol. The van der Waals surface area contributed by atoms with Gasteiger partial charge in [-0.2, -0.15) is 0 Å². The van der Waals surface area contributed by atoms with Crippen molar-refractivity contribution in [3.8, 4) is 0 Å². The van der Waals surface area contributed by atoms with Gasteiger partial charge in [0, 0.05) is 6.42 Å². The number of ether oxygens (including phenoxy) is 2. The Morgan fingerprint density at radius 3 is 2.72 bits per heavy atom. The van der Waals surface area contributed by atoms with Crippen LogP contribution in [-0.2, 0) is 14.3 Å². The second-order valence-corrected chi connectivity index (χ2v) is 5.87. The van der Waals surface area contributed by atoms with Gasteiger partial charge in [-0.25, -0.2) is 0 Å². The van der Waals surface area contributed by atoms with E-state index in [1.807, 2.05) is 20.8 Å². The van der Waals surface area contributed by atoms with Crippen LogP contribution in [0, 0.1) is 5.41 Å². The first-order valence-corrected chi connectivity index (χ1v) is 6.45. The van der Waals surface area contributed by atoms with Crippen LogP contribution in [-0.4, -0.2) is 24.8 Å². The minimum absolute atomic E-state index is 0.0505. The fourth-order valence-corrected chi connectivity index (χ4v) is 1.84. The molecule has 18 heavy (non-hydrogen) atoms. The van der Waals surface area contributed by atoms with Crippen LogP contribution < -0.4 is 0 Å². The molecule has 0 amide bonds. The molecule has 0 radical (unpaired) electrons. The molecule has 0 spiro atoms. The van der Waals surface area contributed by atoms with Gasteiger partial charge >= 0.3 is 5.97 Å². The molecule has 0 unspecified atom stereocenters. The highest BCUT2D eigenvalue weighted by molar-refractivity contribution is 5.75. The van der Waals surface area contributed by atoms with Crippen molar-refractivity contribution in [3.05, 3.63) is 24.8 Å². The largest absolute Gasteiger partial charge is 0.465 e. The van der Waals surface area contributed by atoms with E-state index in [2.05, 4.69) is 13.2 Å². The van der Waals surface area contributed by atoms with Crippen LogP contribution >= 0.6 is 0 Å². The SMILES string of the molecule is C=C[C@@H]1CC(=C)C[C@H](CCOC(=O)C(C)(C)C)O1. The van der Waals surface area contributed by atoms with Crippen LogP contribution in [0.15, 0.2) is 24.8 Å². The van der Waals surface area contributed by atoms with Crippen molar-refractivity contribution in [2.45, 2.75) is 52.2 Å². The maximum Gasteiger partial charge on any atom is 0.311 e. The first-order valence-electron chi connectivity index (χ1n) is 6.45. The van der Waals surface area contributed by atoms with E-state index in [1.54, 1.807) is 6.08 Å². The van der Waals surface area contributed by atoms with E-state index in [4.69, 9.17) is 9.47 Å². The fourth-order valence-electron chi connectivity index (χ4n) is 1.84. The number of hydrogen-bond acceptors (Lipinski definition) is 3. The molecule has 0 aliphatic carbocycles. The summed E-state index contributed by atoms with van der Waals surface area (Å²) in [4.78, 5) is 11.6. The molecule has 1 aliphatic rings. The van der Waals surface area contributed by atoms with Gasteiger partial charge in [0.15, 0.2) is 0 Å². The van der Waals surface area contributed by atoms with Crippen molar-refractivity contribution in [2.75, 3.05) is 6.61 Å². The number of carbonyl (C=O) groups is 1. The molecule has 1 rings (SSSR count). The van der Waals surface area contributed by atoms with Crippen molar-refractivity contribution < 1.29 is 14.3 Å². The maximum absolute atomic E-state index is 11.6. The summed E-state index contributed by atoms with van der Waals surface area (Å²) in [5.74, 6) is -0.169. The Balaban J connectivity index is 2.33. The number of carbonyl (C=O) groups excluding carboxylic acids is 1. The highest BCUT2D eigenvalue weighted by atomic mass is 16.5. The molecule has 0 aromatic carbocycles. The average Bonchev–Trinajstić information content (AvgIpc) is 2.26. The van der Waals surface area contributed by atoms with Gasteiger partial charge in [0.2, 0.25) is 0 Å². The van der Waals surface area contributed by atoms with Gasteiger partial charge < -0.3 is 9.47 Å². The summed E-state index contributed by atoms with van der Waals surface area (Å²) in [6.45, 7) is 13.7. The topological polar surface area (TPSA) is 35.5 Å². The third-order valence-electron chi connectivity index (χ3n) is 2.92. The van der Waals surface area contributed by atoms with Crippen molar-refractivity contribution in [3.63, 3.8) is 0 Å². The molecule has 0 aromatic rings. The summed E-state index contributed by atoms with van der Waals surface area (Å²) >= 11 is 0. The maximum atomic E-state index is 11.6.